The van der Waals surface area contributed by atoms with Crippen LogP contribution in [0.5, 0.6) is 11.5 Å². The first-order valence-electron chi connectivity index (χ1n) is 8.99. The van der Waals surface area contributed by atoms with Crippen molar-refractivity contribution in [3.8, 4) is 22.8 Å². The van der Waals surface area contributed by atoms with E-state index in [2.05, 4.69) is 28.3 Å². The normalized spacial score (nSPS) is 18.8. The lowest BCUT2D eigenvalue weighted by Gasteiger charge is -2.26. The van der Waals surface area contributed by atoms with Crippen molar-refractivity contribution in [3.05, 3.63) is 36.3 Å². The molecular formula is C20H27ClN4O3. The summed E-state index contributed by atoms with van der Waals surface area (Å²) < 4.78 is 10.7. The van der Waals surface area contributed by atoms with Crippen LogP contribution in [0.2, 0.25) is 0 Å². The first-order chi connectivity index (χ1) is 12.7. The van der Waals surface area contributed by atoms with Gasteiger partial charge in [-0.05, 0) is 50.6 Å². The number of piperidine rings is 1. The van der Waals surface area contributed by atoms with Crippen LogP contribution in [-0.4, -0.2) is 47.2 Å². The number of nitrogens with zero attached hydrogens (tertiary/aromatic N) is 2. The highest BCUT2D eigenvalue weighted by atomic mass is 35.5. The first kappa shape index (κ1) is 21.9. The fourth-order valence-corrected chi connectivity index (χ4v) is 3.66. The number of benzene rings is 1. The number of hydrogen-bond acceptors (Lipinski definition) is 5. The summed E-state index contributed by atoms with van der Waals surface area (Å²) in [4.78, 5) is 12.9. The zero-order valence-electron chi connectivity index (χ0n) is 16.3. The molecule has 0 radical (unpaired) electrons. The summed E-state index contributed by atoms with van der Waals surface area (Å²) in [6.07, 6.45) is 4.07. The van der Waals surface area contributed by atoms with Crippen LogP contribution in [-0.2, 0) is 0 Å². The van der Waals surface area contributed by atoms with Crippen LogP contribution in [0.25, 0.3) is 22.3 Å². The molecule has 1 fully saturated rings. The number of fused-ring (bicyclic) bond motifs is 1. The third kappa shape index (κ3) is 4.22. The summed E-state index contributed by atoms with van der Waals surface area (Å²) in [5.41, 5.74) is 3.91. The zero-order chi connectivity index (χ0) is 18.1. The summed E-state index contributed by atoms with van der Waals surface area (Å²) in [7, 11) is 3.28. The summed E-state index contributed by atoms with van der Waals surface area (Å²) in [6.45, 7) is 3.24. The van der Waals surface area contributed by atoms with Gasteiger partial charge in [0.15, 0.2) is 11.5 Å². The van der Waals surface area contributed by atoms with Crippen molar-refractivity contribution in [2.75, 3.05) is 20.8 Å². The van der Waals surface area contributed by atoms with E-state index < -0.39 is 0 Å². The second-order valence-electron chi connectivity index (χ2n) is 6.86. The van der Waals surface area contributed by atoms with Gasteiger partial charge < -0.3 is 25.3 Å². The van der Waals surface area contributed by atoms with E-state index >= 15 is 0 Å². The van der Waals surface area contributed by atoms with Crippen LogP contribution in [0.4, 0.5) is 0 Å². The van der Waals surface area contributed by atoms with Gasteiger partial charge in [-0.2, -0.15) is 0 Å². The quantitative estimate of drug-likeness (QED) is 0.692. The summed E-state index contributed by atoms with van der Waals surface area (Å²) in [5.74, 6) is 2.80. The Morgan fingerprint density at radius 2 is 1.89 bits per heavy atom. The molecule has 7 nitrogen and oxygen atoms in total. The van der Waals surface area contributed by atoms with Crippen molar-refractivity contribution in [2.45, 2.75) is 31.7 Å². The van der Waals surface area contributed by atoms with E-state index in [1.807, 2.05) is 24.4 Å². The monoisotopic (exact) mass is 406 g/mol. The molecule has 3 heterocycles. The fourth-order valence-electron chi connectivity index (χ4n) is 3.66. The highest BCUT2D eigenvalue weighted by Crippen LogP contribution is 2.33. The number of nitrogens with one attached hydrogen (secondary N) is 2. The Balaban J connectivity index is 0.00000140. The largest absolute Gasteiger partial charge is 0.493 e. The van der Waals surface area contributed by atoms with Gasteiger partial charge in [0, 0.05) is 23.2 Å². The van der Waals surface area contributed by atoms with Crippen molar-refractivity contribution < 1.29 is 14.9 Å². The Labute approximate surface area is 170 Å². The fraction of sp³-hybridized carbons (Fsp3) is 0.400. The lowest BCUT2D eigenvalue weighted by molar-refractivity contribution is 0.355. The average molecular weight is 407 g/mol. The summed E-state index contributed by atoms with van der Waals surface area (Å²) >= 11 is 0. The molecule has 2 aromatic heterocycles. The molecule has 4 rings (SSSR count). The molecule has 4 N–H and O–H groups in total. The van der Waals surface area contributed by atoms with E-state index in [9.17, 15) is 0 Å². The highest BCUT2D eigenvalue weighted by molar-refractivity contribution is 5.85. The number of H-pyrrole nitrogens is 1. The molecule has 2 unspecified atom stereocenters. The number of ether oxygens (including phenoxy) is 2. The Bertz CT molecular complexity index is 931. The van der Waals surface area contributed by atoms with Crippen molar-refractivity contribution in [1.82, 2.24) is 20.3 Å². The number of rotatable bonds is 4. The van der Waals surface area contributed by atoms with Crippen molar-refractivity contribution in [1.29, 1.82) is 0 Å². The van der Waals surface area contributed by atoms with Gasteiger partial charge >= 0.3 is 0 Å². The van der Waals surface area contributed by atoms with E-state index in [1.54, 1.807) is 14.2 Å². The van der Waals surface area contributed by atoms with Crippen LogP contribution in [0.1, 0.15) is 31.5 Å². The Morgan fingerprint density at radius 3 is 2.61 bits per heavy atom. The molecule has 2 atom stereocenters. The molecule has 1 aliphatic heterocycles. The molecule has 28 heavy (non-hydrogen) atoms. The van der Waals surface area contributed by atoms with Crippen LogP contribution in [0.3, 0.4) is 0 Å². The van der Waals surface area contributed by atoms with Gasteiger partial charge in [-0.25, -0.2) is 9.97 Å². The Morgan fingerprint density at radius 1 is 1.11 bits per heavy atom. The van der Waals surface area contributed by atoms with Crippen LogP contribution in [0, 0.1) is 0 Å². The maximum atomic E-state index is 5.41. The number of halogens is 1. The van der Waals surface area contributed by atoms with Crippen LogP contribution >= 0.6 is 12.4 Å². The molecule has 1 saturated heterocycles. The minimum atomic E-state index is 0. The molecule has 152 valence electrons. The zero-order valence-corrected chi connectivity index (χ0v) is 17.1. The average Bonchev–Trinajstić information content (AvgIpc) is 3.10. The molecule has 0 amide bonds. The van der Waals surface area contributed by atoms with Crippen molar-refractivity contribution in [2.24, 2.45) is 0 Å². The smallest absolute Gasteiger partial charge is 0.161 e. The lowest BCUT2D eigenvalue weighted by Crippen LogP contribution is -2.35. The van der Waals surface area contributed by atoms with Crippen LogP contribution < -0.4 is 14.8 Å². The molecule has 1 aliphatic rings. The number of aromatic amines is 1. The number of hydrogen-bond donors (Lipinski definition) is 2. The maximum absolute atomic E-state index is 5.41. The van der Waals surface area contributed by atoms with Gasteiger partial charge in [0.25, 0.3) is 0 Å². The van der Waals surface area contributed by atoms with Gasteiger partial charge in [0.2, 0.25) is 0 Å². The predicted molar refractivity (Wildman–Crippen MR) is 113 cm³/mol. The van der Waals surface area contributed by atoms with Gasteiger partial charge in [-0.15, -0.1) is 12.4 Å². The summed E-state index contributed by atoms with van der Waals surface area (Å²) in [5, 5.41) is 3.48. The van der Waals surface area contributed by atoms with Gasteiger partial charge in [-0.3, -0.25) is 0 Å². The number of aromatic nitrogens is 3. The number of methoxy groups -OCH3 is 2. The standard InChI is InChI=1S/C20H24N4O2.ClH.H2O/c1-12-8-14(6-7-21-12)20-22-11-17-16(24-20)10-15(23-17)13-4-5-18(25-2)19(9-13)26-3;;/h4-5,9-12,14,21,23H,6-8H2,1-3H3;1H;1H2. The Hall–Kier alpha value is -2.35. The summed E-state index contributed by atoms with van der Waals surface area (Å²) in [6, 6.07) is 8.47. The van der Waals surface area contributed by atoms with Gasteiger partial charge in [0.1, 0.15) is 5.82 Å². The van der Waals surface area contributed by atoms with E-state index in [4.69, 9.17) is 14.5 Å². The predicted octanol–water partition coefficient (Wildman–Crippen LogP) is 3.09. The minimum absolute atomic E-state index is 0. The third-order valence-electron chi connectivity index (χ3n) is 5.07. The van der Waals surface area contributed by atoms with E-state index in [1.165, 1.54) is 0 Å². The van der Waals surface area contributed by atoms with Crippen LogP contribution in [0.15, 0.2) is 30.5 Å². The molecule has 0 saturated carbocycles. The second kappa shape index (κ2) is 9.23. The second-order valence-corrected chi connectivity index (χ2v) is 6.86. The third-order valence-corrected chi connectivity index (χ3v) is 5.07. The molecule has 1 aromatic carbocycles. The molecule has 0 bridgehead atoms. The van der Waals surface area contributed by atoms with Crippen molar-refractivity contribution >= 4 is 23.4 Å². The Kier molecular flexibility index (Phi) is 7.23. The topological polar surface area (TPSA) is 104 Å². The molecular weight excluding hydrogens is 380 g/mol. The van der Waals surface area contributed by atoms with Gasteiger partial charge in [-0.1, -0.05) is 0 Å². The van der Waals surface area contributed by atoms with Crippen molar-refractivity contribution in [3.63, 3.8) is 0 Å². The minimum Gasteiger partial charge on any atom is -0.493 e. The van der Waals surface area contributed by atoms with E-state index in [0.29, 0.717) is 17.7 Å². The highest BCUT2D eigenvalue weighted by Gasteiger charge is 2.22. The van der Waals surface area contributed by atoms with E-state index in [-0.39, 0.29) is 17.9 Å². The van der Waals surface area contributed by atoms with Gasteiger partial charge in [0.05, 0.1) is 31.4 Å². The molecule has 3 aromatic rings. The SMILES string of the molecule is COc1ccc(-c2cc3nc(C4CCNC(C)C4)ncc3[nH]2)cc1OC.Cl.O. The lowest BCUT2D eigenvalue weighted by atomic mass is 9.92. The van der Waals surface area contributed by atoms with E-state index in [0.717, 1.165) is 53.3 Å². The molecule has 0 spiro atoms. The molecule has 0 aliphatic carbocycles. The first-order valence-corrected chi connectivity index (χ1v) is 8.99. The maximum Gasteiger partial charge on any atom is 0.161 e. The molecule has 8 heteroatoms.